The fourth-order valence-electron chi connectivity index (χ4n) is 5.83. The quantitative estimate of drug-likeness (QED) is 0.133. The minimum atomic E-state index is -4.51. The highest BCUT2D eigenvalue weighted by Gasteiger charge is 2.55. The van der Waals surface area contributed by atoms with Crippen LogP contribution in [0.15, 0.2) is 23.8 Å². The van der Waals surface area contributed by atoms with Crippen LogP contribution in [-0.2, 0) is 43.9 Å². The Morgan fingerprint density at radius 1 is 1.00 bits per heavy atom. The number of fused-ring (bicyclic) bond motifs is 5. The predicted molar refractivity (Wildman–Crippen MR) is 185 cm³/mol. The van der Waals surface area contributed by atoms with Crippen molar-refractivity contribution in [3.8, 4) is 0 Å². The summed E-state index contributed by atoms with van der Waals surface area (Å²) in [5, 5.41) is 0. The van der Waals surface area contributed by atoms with Gasteiger partial charge in [0.15, 0.2) is 47.4 Å². The molecule has 3 aliphatic heterocycles. The normalized spacial score (nSPS) is 34.6. The van der Waals surface area contributed by atoms with Crippen LogP contribution in [0.25, 0.3) is 22.3 Å². The first kappa shape index (κ1) is 37.6. The molecule has 1 unspecified atom stereocenters. The molecule has 3 aliphatic rings. The number of imidazole rings is 2. The van der Waals surface area contributed by atoms with Gasteiger partial charge in [-0.15, -0.1) is 0 Å². The molecule has 7 N–H and O–H groups in total. The number of nitrogen functional groups attached to an aromatic ring is 2. The number of H-pyrrole nitrogens is 1. The first-order valence-electron chi connectivity index (χ1n) is 15.9. The van der Waals surface area contributed by atoms with Gasteiger partial charge in [-0.3, -0.25) is 32.5 Å². The number of alkyl halides is 2. The highest BCUT2D eigenvalue weighted by molar-refractivity contribution is 8.54. The topological polar surface area (TPSA) is 264 Å². The standard InChI is InChI=1S/C26H35F2N11O9P2S2/c1-4-26(3,5-2)37-52-50(42)44-7-12-17(14(28)23(46-12)39-10-34-16-21(39)35-25(30)36-22(16)40)47-49(41,51)43-6-11-13(27)18(48-50)24(45-11)38-9-33-15-19(29)31-8-32-20(15)38/h8-14,17-18,23-24,37H,4-7H2,1-3H3,(H,41,51)(H2,29,31,32)(H3,30,35,36,40)/t11-,12-,13-,14-,17-,18-,23-,24-,49?,50+/m1/s1. The molecule has 0 amide bonds. The lowest BCUT2D eigenvalue weighted by atomic mass is 9.98. The Kier molecular flexibility index (Phi) is 10.2. The number of hydrogen-bond donors (Lipinski definition) is 5. The number of ether oxygens (including phenoxy) is 2. The number of nitrogens with one attached hydrogen (secondary N) is 2. The summed E-state index contributed by atoms with van der Waals surface area (Å²) in [6.07, 6.45) is -8.58. The van der Waals surface area contributed by atoms with Gasteiger partial charge in [-0.1, -0.05) is 13.8 Å². The van der Waals surface area contributed by atoms with Crippen LogP contribution < -0.4 is 21.7 Å². The summed E-state index contributed by atoms with van der Waals surface area (Å²) in [4.78, 5) is 46.3. The average Bonchev–Trinajstić information content (AvgIpc) is 3.87. The zero-order valence-electron chi connectivity index (χ0n) is 27.6. The molecule has 26 heteroatoms. The maximum absolute atomic E-state index is 16.4. The van der Waals surface area contributed by atoms with Crippen LogP contribution in [0.3, 0.4) is 0 Å². The molecule has 0 saturated carbocycles. The van der Waals surface area contributed by atoms with E-state index in [9.17, 15) is 14.3 Å². The molecule has 4 aromatic heterocycles. The van der Waals surface area contributed by atoms with Crippen molar-refractivity contribution >= 4 is 71.0 Å². The van der Waals surface area contributed by atoms with Crippen LogP contribution in [0.2, 0.25) is 0 Å². The van der Waals surface area contributed by atoms with Gasteiger partial charge in [0.2, 0.25) is 5.95 Å². The fourth-order valence-corrected chi connectivity index (χ4v) is 10.7. The molecule has 2 bridgehead atoms. The fraction of sp³-hybridized carbons (Fsp3) is 0.615. The number of aromatic amines is 1. The van der Waals surface area contributed by atoms with E-state index in [0.29, 0.717) is 24.4 Å². The highest BCUT2D eigenvalue weighted by atomic mass is 32.7. The third-order valence-corrected chi connectivity index (χ3v) is 14.0. The molecular formula is C26H35F2N11O9P2S2. The van der Waals surface area contributed by atoms with Gasteiger partial charge in [0.05, 0.1) is 25.9 Å². The van der Waals surface area contributed by atoms with E-state index in [1.165, 1.54) is 17.2 Å². The second kappa shape index (κ2) is 14.2. The van der Waals surface area contributed by atoms with Crippen molar-refractivity contribution in [1.82, 2.24) is 43.8 Å². The van der Waals surface area contributed by atoms with Gasteiger partial charge in [-0.05, 0) is 31.6 Å². The van der Waals surface area contributed by atoms with Crippen molar-refractivity contribution < 1.29 is 45.8 Å². The van der Waals surface area contributed by atoms with Crippen LogP contribution in [0, 0.1) is 0 Å². The lowest BCUT2D eigenvalue weighted by Crippen LogP contribution is -2.37. The number of nitrogens with two attached hydrogens (primary N) is 2. The third-order valence-electron chi connectivity index (χ3n) is 9.19. The smallest absolute Gasteiger partial charge is 0.382 e. The summed E-state index contributed by atoms with van der Waals surface area (Å²) in [5.41, 5.74) is 10.6. The highest BCUT2D eigenvalue weighted by Crippen LogP contribution is 2.63. The molecule has 3 fully saturated rings. The Bertz CT molecular complexity index is 2130. The first-order valence-corrected chi connectivity index (χ1v) is 21.5. The maximum Gasteiger partial charge on any atom is 0.404 e. The largest absolute Gasteiger partial charge is 0.404 e. The van der Waals surface area contributed by atoms with E-state index in [1.807, 2.05) is 20.8 Å². The second-order valence-electron chi connectivity index (χ2n) is 12.5. The average molecular weight is 810 g/mol. The van der Waals surface area contributed by atoms with Gasteiger partial charge in [0.25, 0.3) is 5.56 Å². The maximum atomic E-state index is 16.4. The molecular weight excluding hydrogens is 774 g/mol. The van der Waals surface area contributed by atoms with E-state index in [1.54, 1.807) is 0 Å². The van der Waals surface area contributed by atoms with Gasteiger partial charge in [-0.25, -0.2) is 38.0 Å². The number of nitrogens with zero attached hydrogens (tertiary/aromatic N) is 7. The molecule has 284 valence electrons. The molecule has 0 aromatic carbocycles. The monoisotopic (exact) mass is 809 g/mol. The summed E-state index contributed by atoms with van der Waals surface area (Å²) in [7, 11) is 0. The van der Waals surface area contributed by atoms with Crippen molar-refractivity contribution in [3.63, 3.8) is 0 Å². The van der Waals surface area contributed by atoms with E-state index < -0.39 is 87.0 Å². The van der Waals surface area contributed by atoms with E-state index in [0.717, 1.165) is 10.9 Å². The minimum Gasteiger partial charge on any atom is -0.382 e. The van der Waals surface area contributed by atoms with Crippen LogP contribution in [0.5, 0.6) is 0 Å². The lowest BCUT2D eigenvalue weighted by Gasteiger charge is -2.31. The molecule has 0 spiro atoms. The number of anilines is 2. The Labute approximate surface area is 302 Å². The van der Waals surface area contributed by atoms with E-state index >= 15 is 8.78 Å². The zero-order chi connectivity index (χ0) is 37.2. The van der Waals surface area contributed by atoms with Crippen molar-refractivity contribution in [3.05, 3.63) is 29.3 Å². The van der Waals surface area contributed by atoms with Crippen molar-refractivity contribution in [2.45, 2.75) is 88.4 Å². The molecule has 52 heavy (non-hydrogen) atoms. The van der Waals surface area contributed by atoms with Crippen LogP contribution in [0.1, 0.15) is 46.1 Å². The summed E-state index contributed by atoms with van der Waals surface area (Å²) in [6, 6.07) is 0. The molecule has 10 atom stereocenters. The Hall–Kier alpha value is -2.73. The zero-order valence-corrected chi connectivity index (χ0v) is 31.1. The first-order chi connectivity index (χ1) is 24.6. The Morgan fingerprint density at radius 3 is 2.40 bits per heavy atom. The minimum absolute atomic E-state index is 0.0497. The summed E-state index contributed by atoms with van der Waals surface area (Å²) >= 11 is 5.82. The number of aromatic nitrogens is 8. The lowest BCUT2D eigenvalue weighted by molar-refractivity contribution is -0.0579. The molecule has 0 radical (unpaired) electrons. The van der Waals surface area contributed by atoms with Crippen molar-refractivity contribution in [2.75, 3.05) is 24.7 Å². The van der Waals surface area contributed by atoms with E-state index in [4.69, 9.17) is 50.8 Å². The SMILES string of the molecule is CCC(C)(CC)NS[P@@]1(=O)OC[C@H]2O[C@@H](n3cnc4c(=O)[nH]c(N)nc43)[C@H](F)[C@@H]2OP(O)(=S)OC[C@H]2O[C@@H](n3cnc4c(N)ncnc43)[C@H](O1)[C@@H]2F. The molecule has 0 aliphatic carbocycles. The third kappa shape index (κ3) is 7.00. The van der Waals surface area contributed by atoms with Crippen molar-refractivity contribution in [1.29, 1.82) is 0 Å². The van der Waals surface area contributed by atoms with E-state index in [-0.39, 0.29) is 34.1 Å². The Balaban J connectivity index is 1.26. The van der Waals surface area contributed by atoms with Crippen LogP contribution in [0.4, 0.5) is 20.5 Å². The van der Waals surface area contributed by atoms with Crippen LogP contribution in [-0.4, -0.2) is 99.4 Å². The van der Waals surface area contributed by atoms with Gasteiger partial charge in [0.1, 0.15) is 36.3 Å². The number of hydrogen-bond acceptors (Lipinski definition) is 18. The summed E-state index contributed by atoms with van der Waals surface area (Å²) < 4.78 is 88.4. The van der Waals surface area contributed by atoms with Gasteiger partial charge >= 0.3 is 13.5 Å². The molecule has 7 rings (SSSR count). The summed E-state index contributed by atoms with van der Waals surface area (Å²) in [6.45, 7) is -4.52. The van der Waals surface area contributed by atoms with Crippen LogP contribution >= 0.6 is 25.1 Å². The molecule has 20 nitrogen and oxygen atoms in total. The molecule has 3 saturated heterocycles. The molecule has 7 heterocycles. The Morgan fingerprint density at radius 2 is 1.67 bits per heavy atom. The van der Waals surface area contributed by atoms with Gasteiger partial charge in [-0.2, -0.15) is 4.98 Å². The summed E-state index contributed by atoms with van der Waals surface area (Å²) in [5.74, 6) is -0.211. The second-order valence-corrected chi connectivity index (χ2v) is 18.9. The predicted octanol–water partition coefficient (Wildman–Crippen LogP) is 2.55. The van der Waals surface area contributed by atoms with Crippen molar-refractivity contribution in [2.24, 2.45) is 0 Å². The van der Waals surface area contributed by atoms with Gasteiger partial charge < -0.3 is 30.4 Å². The van der Waals surface area contributed by atoms with Gasteiger partial charge in [0, 0.05) is 17.1 Å². The number of rotatable bonds is 7. The number of halogens is 2. The van der Waals surface area contributed by atoms with E-state index in [2.05, 4.69) is 34.6 Å². The molecule has 4 aromatic rings.